The van der Waals surface area contributed by atoms with Gasteiger partial charge in [0.25, 0.3) is 0 Å². The number of carbonyl (C=O) groups excluding carboxylic acids is 1. The fourth-order valence-corrected chi connectivity index (χ4v) is 7.32. The number of carbonyl (C=O) groups is 1. The van der Waals surface area contributed by atoms with Crippen LogP contribution in [0.25, 0.3) is 4.85 Å². The summed E-state index contributed by atoms with van der Waals surface area (Å²) in [5.41, 5.74) is -0.193. The van der Waals surface area contributed by atoms with Gasteiger partial charge < -0.3 is 29.2 Å². The molecule has 240 valence electrons. The highest BCUT2D eigenvalue weighted by atomic mass is 19.4. The topological polar surface area (TPSA) is 69.4 Å². The molecule has 4 heterocycles. The average Bonchev–Trinajstić information content (AvgIpc) is 3.68. The van der Waals surface area contributed by atoms with Gasteiger partial charge in [-0.25, -0.2) is 11.0 Å². The molecule has 1 unspecified atom stereocenters. The number of amides is 1. The molecule has 3 fully saturated rings. The van der Waals surface area contributed by atoms with Crippen LogP contribution in [-0.4, -0.2) is 90.7 Å². The molecule has 6 rings (SSSR count). The number of halogens is 4. The molecule has 9 nitrogen and oxygen atoms in total. The zero-order chi connectivity index (χ0) is 31.9. The van der Waals surface area contributed by atoms with Gasteiger partial charge in [0.1, 0.15) is 23.2 Å². The molecule has 1 amide bonds. The van der Waals surface area contributed by atoms with Gasteiger partial charge in [-0.15, -0.1) is 0 Å². The van der Waals surface area contributed by atoms with Crippen molar-refractivity contribution in [3.8, 4) is 6.01 Å². The number of fused-ring (bicyclic) bond motifs is 1. The molecule has 1 aromatic carbocycles. The average molecular weight is 628 g/mol. The number of hydrogen-bond acceptors (Lipinski definition) is 7. The van der Waals surface area contributed by atoms with Crippen molar-refractivity contribution in [2.45, 2.75) is 56.9 Å². The van der Waals surface area contributed by atoms with Crippen LogP contribution in [0, 0.1) is 17.8 Å². The zero-order valence-electron chi connectivity index (χ0n) is 25.3. The number of hydrogen-bond donors (Lipinski definition) is 0. The summed E-state index contributed by atoms with van der Waals surface area (Å²) < 4.78 is 62.6. The van der Waals surface area contributed by atoms with Gasteiger partial charge in [0.15, 0.2) is 0 Å². The van der Waals surface area contributed by atoms with Gasteiger partial charge in [-0.1, -0.05) is 12.6 Å². The van der Waals surface area contributed by atoms with Crippen LogP contribution in [-0.2, 0) is 23.9 Å². The number of piperazine rings is 1. The Hall–Kier alpha value is -3.92. The van der Waals surface area contributed by atoms with Crippen molar-refractivity contribution in [1.82, 2.24) is 19.8 Å². The minimum absolute atomic E-state index is 0.0185. The highest BCUT2D eigenvalue weighted by molar-refractivity contribution is 5.87. The van der Waals surface area contributed by atoms with Crippen LogP contribution in [0.3, 0.4) is 0 Å². The summed E-state index contributed by atoms with van der Waals surface area (Å²) in [5.74, 6) is -0.953. The van der Waals surface area contributed by atoms with Gasteiger partial charge in [0.2, 0.25) is 12.5 Å². The number of anilines is 2. The van der Waals surface area contributed by atoms with E-state index in [1.165, 1.54) is 23.1 Å². The number of likely N-dealkylation sites (tertiary alicyclic amines) is 1. The molecule has 0 N–H and O–H groups in total. The van der Waals surface area contributed by atoms with E-state index >= 15 is 0 Å². The quantitative estimate of drug-likeness (QED) is 0.241. The molecular weight excluding hydrogens is 590 g/mol. The minimum atomic E-state index is -4.86. The van der Waals surface area contributed by atoms with Gasteiger partial charge in [0, 0.05) is 43.2 Å². The van der Waals surface area contributed by atoms with E-state index in [0.29, 0.717) is 50.2 Å². The van der Waals surface area contributed by atoms with Crippen molar-refractivity contribution in [3.05, 3.63) is 64.9 Å². The van der Waals surface area contributed by atoms with E-state index in [9.17, 15) is 22.4 Å². The second-order valence-electron chi connectivity index (χ2n) is 12.5. The first-order chi connectivity index (χ1) is 21.5. The van der Waals surface area contributed by atoms with Crippen molar-refractivity contribution in [2.75, 3.05) is 62.7 Å². The first kappa shape index (κ1) is 31.1. The summed E-state index contributed by atoms with van der Waals surface area (Å²) in [6.45, 7) is 14.0. The molecule has 45 heavy (non-hydrogen) atoms. The Balaban J connectivity index is 1.33. The first-order valence-electron chi connectivity index (χ1n) is 15.4. The zero-order valence-corrected chi connectivity index (χ0v) is 25.3. The molecular formula is C32H37F4N7O2. The van der Waals surface area contributed by atoms with Crippen LogP contribution >= 0.6 is 0 Å². The lowest BCUT2D eigenvalue weighted by Crippen LogP contribution is -2.56. The lowest BCUT2D eigenvalue weighted by molar-refractivity contribution is -0.139. The molecule has 13 heteroatoms. The van der Waals surface area contributed by atoms with Crippen molar-refractivity contribution in [3.63, 3.8) is 0 Å². The summed E-state index contributed by atoms with van der Waals surface area (Å²) in [6, 6.07) is 3.58. The van der Waals surface area contributed by atoms with E-state index < -0.39 is 17.6 Å². The Bertz CT molecular complexity index is 1510. The van der Waals surface area contributed by atoms with Crippen LogP contribution in [0.15, 0.2) is 30.9 Å². The molecule has 0 spiro atoms. The Morgan fingerprint density at radius 1 is 1.20 bits per heavy atom. The number of alkyl halides is 3. The molecule has 1 aromatic heterocycles. The third-order valence-corrected chi connectivity index (χ3v) is 9.79. The molecule has 2 aromatic rings. The van der Waals surface area contributed by atoms with Gasteiger partial charge in [0.05, 0.1) is 24.5 Å². The predicted octanol–water partition coefficient (Wildman–Crippen LogP) is 4.57. The summed E-state index contributed by atoms with van der Waals surface area (Å²) in [6.07, 6.45) is 1.06. The molecule has 4 aliphatic rings. The third kappa shape index (κ3) is 6.04. The van der Waals surface area contributed by atoms with Gasteiger partial charge in [-0.2, -0.15) is 23.1 Å². The van der Waals surface area contributed by atoms with E-state index in [2.05, 4.69) is 23.4 Å². The summed E-state index contributed by atoms with van der Waals surface area (Å²) in [4.78, 5) is 33.2. The Morgan fingerprint density at radius 2 is 2.00 bits per heavy atom. The number of nitrogens with zero attached hydrogens (tertiary/aromatic N) is 7. The van der Waals surface area contributed by atoms with Crippen LogP contribution in [0.1, 0.15) is 42.5 Å². The molecule has 2 atom stereocenters. The Labute approximate surface area is 260 Å². The summed E-state index contributed by atoms with van der Waals surface area (Å²) in [7, 11) is 2.14. The highest BCUT2D eigenvalue weighted by Gasteiger charge is 2.53. The van der Waals surface area contributed by atoms with E-state index in [1.807, 2.05) is 4.90 Å². The van der Waals surface area contributed by atoms with Gasteiger partial charge in [-0.3, -0.25) is 4.79 Å². The Morgan fingerprint density at radius 3 is 2.67 bits per heavy atom. The van der Waals surface area contributed by atoms with E-state index in [4.69, 9.17) is 21.3 Å². The van der Waals surface area contributed by atoms with Crippen molar-refractivity contribution in [1.29, 1.82) is 0 Å². The number of aromatic nitrogens is 2. The van der Waals surface area contributed by atoms with Gasteiger partial charge >= 0.3 is 12.2 Å². The van der Waals surface area contributed by atoms with Crippen molar-refractivity contribution < 1.29 is 27.1 Å². The second kappa shape index (κ2) is 12.1. The molecule has 1 aliphatic carbocycles. The maximum atomic E-state index is 14.5. The molecule has 2 saturated heterocycles. The van der Waals surface area contributed by atoms with E-state index in [-0.39, 0.29) is 48.7 Å². The fraction of sp³-hybridized carbons (Fsp3) is 0.562. The van der Waals surface area contributed by atoms with Crippen LogP contribution in [0.5, 0.6) is 6.01 Å². The lowest BCUT2D eigenvalue weighted by atomic mass is 9.95. The predicted molar refractivity (Wildman–Crippen MR) is 160 cm³/mol. The molecule has 1 saturated carbocycles. The van der Waals surface area contributed by atoms with Crippen LogP contribution in [0.4, 0.5) is 29.1 Å². The number of benzene rings is 1. The fourth-order valence-electron chi connectivity index (χ4n) is 7.32. The minimum Gasteiger partial charge on any atom is -0.463 e. The number of ether oxygens (including phenoxy) is 1. The normalized spacial score (nSPS) is 23.0. The van der Waals surface area contributed by atoms with E-state index in [0.717, 1.165) is 43.9 Å². The van der Waals surface area contributed by atoms with Crippen molar-refractivity contribution in [2.24, 2.45) is 5.41 Å². The summed E-state index contributed by atoms with van der Waals surface area (Å²) >= 11 is 0. The SMILES string of the molecule is [C-]#[N+]C[C@H]1CN(c2nc(OCC3(C4CCCN4C)CC3)nc3c2CCN(c2cccc(F)c2C(F)(F)F)C3)CCN1C(=O)C=C. The standard InChI is InChI=1S/C32H37F4N7O2/c1-4-27(44)43-16-15-42(18-21(43)17-37-2)29-22-10-14-41(25-8-5-7-23(33)28(25)32(34,35)36)19-24(22)38-30(39-29)45-20-31(11-12-31)26-9-6-13-40(26)3/h4-5,7-8,21,26H,1,6,9-20H2,3H3/t21-,26?/m0/s1. The smallest absolute Gasteiger partial charge is 0.421 e. The molecule has 0 bridgehead atoms. The number of rotatable bonds is 8. The maximum absolute atomic E-state index is 14.5. The van der Waals surface area contributed by atoms with Crippen molar-refractivity contribution >= 4 is 17.4 Å². The maximum Gasteiger partial charge on any atom is 0.421 e. The second-order valence-corrected chi connectivity index (χ2v) is 12.5. The van der Waals surface area contributed by atoms with Crippen LogP contribution < -0.4 is 14.5 Å². The lowest BCUT2D eigenvalue weighted by Gasteiger charge is -2.41. The highest BCUT2D eigenvalue weighted by Crippen LogP contribution is 2.53. The Kier molecular flexibility index (Phi) is 8.37. The van der Waals surface area contributed by atoms with Gasteiger partial charge in [-0.05, 0) is 63.9 Å². The third-order valence-electron chi connectivity index (χ3n) is 9.79. The van der Waals surface area contributed by atoms with E-state index in [1.54, 1.807) is 4.90 Å². The first-order valence-corrected chi connectivity index (χ1v) is 15.4. The summed E-state index contributed by atoms with van der Waals surface area (Å²) in [5, 5.41) is 0. The molecule has 0 radical (unpaired) electrons. The molecule has 3 aliphatic heterocycles. The monoisotopic (exact) mass is 627 g/mol. The van der Waals surface area contributed by atoms with Crippen LogP contribution in [0.2, 0.25) is 0 Å². The largest absolute Gasteiger partial charge is 0.463 e.